The van der Waals surface area contributed by atoms with Crippen LogP contribution in [0.25, 0.3) is 0 Å². The first-order chi connectivity index (χ1) is 8.67. The Bertz CT molecular complexity index is 577. The van der Waals surface area contributed by atoms with Gasteiger partial charge in [0.2, 0.25) is 5.09 Å². The Morgan fingerprint density at radius 1 is 1.30 bits per heavy atom. The highest BCUT2D eigenvalue weighted by atomic mass is 32.2. The summed E-state index contributed by atoms with van der Waals surface area (Å²) in [7, 11) is -5.21. The van der Waals surface area contributed by atoms with E-state index in [-0.39, 0.29) is 10.1 Å². The van der Waals surface area contributed by atoms with Crippen molar-refractivity contribution in [1.82, 2.24) is 4.39 Å². The van der Waals surface area contributed by atoms with Crippen molar-refractivity contribution in [3.05, 3.63) is 17.9 Å². The summed E-state index contributed by atoms with van der Waals surface area (Å²) in [5.41, 5.74) is 6.15. The van der Waals surface area contributed by atoms with Crippen LogP contribution in [0, 0.1) is 4.78 Å². The fourth-order valence-electron chi connectivity index (χ4n) is 1.37. The molecule has 0 amide bonds. The SMILES string of the molecule is CC(C)(N)c1coc(S(=N)(=O)N[Si](C)(C)C(C)(C)C)c1. The topological polar surface area (TPSA) is 92.1 Å². The monoisotopic (exact) mass is 317 g/mol. The molecule has 1 aromatic rings. The van der Waals surface area contributed by atoms with Crippen LogP contribution in [0.15, 0.2) is 21.8 Å². The van der Waals surface area contributed by atoms with E-state index in [2.05, 4.69) is 38.3 Å². The van der Waals surface area contributed by atoms with Gasteiger partial charge in [-0.25, -0.2) is 13.4 Å². The van der Waals surface area contributed by atoms with Gasteiger partial charge in [0.1, 0.15) is 8.24 Å². The highest BCUT2D eigenvalue weighted by Crippen LogP contribution is 2.35. The molecule has 4 N–H and O–H groups in total. The van der Waals surface area contributed by atoms with Crippen molar-refractivity contribution in [2.24, 2.45) is 5.73 Å². The van der Waals surface area contributed by atoms with Crippen molar-refractivity contribution in [2.45, 2.75) is 63.4 Å². The van der Waals surface area contributed by atoms with Crippen molar-refractivity contribution in [3.63, 3.8) is 0 Å². The Labute approximate surface area is 123 Å². The van der Waals surface area contributed by atoms with Gasteiger partial charge in [-0.1, -0.05) is 33.9 Å². The molecule has 1 unspecified atom stereocenters. The highest BCUT2D eigenvalue weighted by Gasteiger charge is 2.39. The molecule has 0 spiro atoms. The first-order valence-corrected chi connectivity index (χ1v) is 11.2. The van der Waals surface area contributed by atoms with Crippen molar-refractivity contribution >= 4 is 18.2 Å². The Hall–Kier alpha value is -0.633. The molecule has 1 heterocycles. The minimum atomic E-state index is -3.15. The average molecular weight is 318 g/mol. The second-order valence-corrected chi connectivity index (χ2v) is 14.5. The van der Waals surface area contributed by atoms with Gasteiger partial charge in [0.25, 0.3) is 0 Å². The average Bonchev–Trinajstić information content (AvgIpc) is 2.61. The number of rotatable bonds is 4. The molecule has 0 aliphatic heterocycles. The van der Waals surface area contributed by atoms with Crippen LogP contribution in [-0.2, 0) is 15.5 Å². The largest absolute Gasteiger partial charge is 0.453 e. The maximum Gasteiger partial charge on any atom is 0.212 e. The zero-order chi connectivity index (χ0) is 16.0. The first-order valence-electron chi connectivity index (χ1n) is 6.62. The lowest BCUT2D eigenvalue weighted by Gasteiger charge is -2.37. The zero-order valence-corrected chi connectivity index (χ0v) is 15.3. The van der Waals surface area contributed by atoms with Crippen LogP contribution in [0.1, 0.15) is 40.2 Å². The van der Waals surface area contributed by atoms with Gasteiger partial charge in [-0.2, -0.15) is 0 Å². The molecule has 116 valence electrons. The predicted molar refractivity (Wildman–Crippen MR) is 85.4 cm³/mol. The molecule has 0 fully saturated rings. The van der Waals surface area contributed by atoms with E-state index in [1.54, 1.807) is 6.07 Å². The summed E-state index contributed by atoms with van der Waals surface area (Å²) in [6.45, 7) is 14.1. The highest BCUT2D eigenvalue weighted by molar-refractivity contribution is 7.91. The summed E-state index contributed by atoms with van der Waals surface area (Å²) in [5, 5.41) is 0.134. The molecule has 1 rings (SSSR count). The molecular formula is C13H27N3O2SSi. The molecule has 0 aromatic carbocycles. The van der Waals surface area contributed by atoms with Crippen LogP contribution in [0.4, 0.5) is 0 Å². The maximum absolute atomic E-state index is 12.6. The standard InChI is InChI=1S/C13H27N3O2SSi/c1-12(2,3)20(6,7)16-19(15,17)11-8-10(9-18-11)13(4,5)14/h8-9H,14H2,1-7H3,(H2,15,16,17). The normalized spacial score (nSPS) is 17.0. The molecule has 0 radical (unpaired) electrons. The van der Waals surface area contributed by atoms with E-state index in [1.807, 2.05) is 13.8 Å². The first kappa shape index (κ1) is 17.4. The summed E-state index contributed by atoms with van der Waals surface area (Å²) in [5.74, 6) is 0. The summed E-state index contributed by atoms with van der Waals surface area (Å²) >= 11 is 0. The molecule has 1 aromatic heterocycles. The van der Waals surface area contributed by atoms with Gasteiger partial charge in [0.05, 0.1) is 6.26 Å². The molecule has 20 heavy (non-hydrogen) atoms. The quantitative estimate of drug-likeness (QED) is 0.743. The number of hydrogen-bond acceptors (Lipinski definition) is 4. The number of nitrogens with two attached hydrogens (primary N) is 1. The second-order valence-electron chi connectivity index (χ2n) is 7.41. The molecule has 0 aliphatic carbocycles. The van der Waals surface area contributed by atoms with E-state index in [9.17, 15) is 4.21 Å². The number of furan rings is 1. The van der Waals surface area contributed by atoms with E-state index in [0.717, 1.165) is 5.56 Å². The van der Waals surface area contributed by atoms with E-state index < -0.39 is 23.7 Å². The third kappa shape index (κ3) is 3.72. The van der Waals surface area contributed by atoms with Gasteiger partial charge < -0.3 is 10.2 Å². The van der Waals surface area contributed by atoms with Gasteiger partial charge in [-0.3, -0.25) is 0 Å². The predicted octanol–water partition coefficient (Wildman–Crippen LogP) is 3.39. The van der Waals surface area contributed by atoms with Crippen LogP contribution in [0.2, 0.25) is 18.1 Å². The van der Waals surface area contributed by atoms with Crippen molar-refractivity contribution in [2.75, 3.05) is 0 Å². The van der Waals surface area contributed by atoms with E-state index >= 15 is 0 Å². The number of nitrogens with one attached hydrogen (secondary N) is 2. The summed E-state index contributed by atoms with van der Waals surface area (Å²) < 4.78 is 29.2. The molecule has 0 bridgehead atoms. The molecule has 0 saturated heterocycles. The third-order valence-electron chi connectivity index (χ3n) is 3.88. The Morgan fingerprint density at radius 2 is 1.80 bits per heavy atom. The van der Waals surface area contributed by atoms with Gasteiger partial charge in [-0.05, 0) is 18.9 Å². The van der Waals surface area contributed by atoms with Crippen molar-refractivity contribution in [3.8, 4) is 0 Å². The van der Waals surface area contributed by atoms with E-state index in [0.29, 0.717) is 0 Å². The van der Waals surface area contributed by atoms with Crippen LogP contribution in [0.3, 0.4) is 0 Å². The van der Waals surface area contributed by atoms with Crippen LogP contribution in [-0.4, -0.2) is 12.4 Å². The smallest absolute Gasteiger partial charge is 0.212 e. The van der Waals surface area contributed by atoms with E-state index in [4.69, 9.17) is 14.9 Å². The minimum Gasteiger partial charge on any atom is -0.453 e. The Morgan fingerprint density at radius 3 is 2.15 bits per heavy atom. The molecule has 0 aliphatic rings. The molecule has 1 atom stereocenters. The third-order valence-corrected chi connectivity index (χ3v) is 11.6. The van der Waals surface area contributed by atoms with Crippen LogP contribution in [0.5, 0.6) is 0 Å². The van der Waals surface area contributed by atoms with Crippen molar-refractivity contribution < 1.29 is 8.63 Å². The minimum absolute atomic E-state index is 0.0146. The fraction of sp³-hybridized carbons (Fsp3) is 0.692. The van der Waals surface area contributed by atoms with Gasteiger partial charge in [-0.15, -0.1) is 0 Å². The van der Waals surface area contributed by atoms with Gasteiger partial charge >= 0.3 is 0 Å². The molecule has 7 heteroatoms. The lowest BCUT2D eigenvalue weighted by molar-refractivity contribution is 0.453. The summed E-state index contributed by atoms with van der Waals surface area (Å²) in [6.07, 6.45) is 1.48. The molecule has 5 nitrogen and oxygen atoms in total. The van der Waals surface area contributed by atoms with Crippen molar-refractivity contribution in [1.29, 1.82) is 4.78 Å². The summed E-state index contributed by atoms with van der Waals surface area (Å²) in [6, 6.07) is 1.62. The second kappa shape index (κ2) is 4.98. The fourth-order valence-corrected chi connectivity index (χ4v) is 6.35. The lowest BCUT2D eigenvalue weighted by Crippen LogP contribution is -2.54. The summed E-state index contributed by atoms with van der Waals surface area (Å²) in [4.78, 5) is 0. The maximum atomic E-state index is 12.6. The Balaban J connectivity index is 3.10. The van der Waals surface area contributed by atoms with Crippen LogP contribution < -0.4 is 10.1 Å². The molecule has 0 saturated carbocycles. The van der Waals surface area contributed by atoms with E-state index in [1.165, 1.54) is 6.26 Å². The zero-order valence-electron chi connectivity index (χ0n) is 13.5. The lowest BCUT2D eigenvalue weighted by atomic mass is 9.99. The Kier molecular flexibility index (Phi) is 4.33. The molecular weight excluding hydrogens is 290 g/mol. The number of hydrogen-bond donors (Lipinski definition) is 3. The van der Waals surface area contributed by atoms with Gasteiger partial charge in [0.15, 0.2) is 9.92 Å². The van der Waals surface area contributed by atoms with Crippen LogP contribution >= 0.6 is 0 Å². The van der Waals surface area contributed by atoms with Gasteiger partial charge in [0, 0.05) is 17.2 Å².